The lowest BCUT2D eigenvalue weighted by atomic mass is 9.99. The van der Waals surface area contributed by atoms with Gasteiger partial charge < -0.3 is 9.64 Å². The maximum absolute atomic E-state index is 13.7. The van der Waals surface area contributed by atoms with Crippen molar-refractivity contribution in [1.82, 2.24) is 9.97 Å². The Balaban J connectivity index is 2.02. The second kappa shape index (κ2) is 6.62. The number of halogens is 1. The van der Waals surface area contributed by atoms with Crippen molar-refractivity contribution in [3.05, 3.63) is 35.8 Å². The Bertz CT molecular complexity index is 770. The largest absolute Gasteiger partial charge is 0.488 e. The lowest BCUT2D eigenvalue weighted by Crippen LogP contribution is -2.23. The molecule has 134 valence electrons. The Labute approximate surface area is 149 Å². The van der Waals surface area contributed by atoms with Crippen LogP contribution in [0.4, 0.5) is 10.2 Å². The van der Waals surface area contributed by atoms with Crippen molar-refractivity contribution in [2.75, 3.05) is 18.0 Å². The zero-order valence-electron chi connectivity index (χ0n) is 15.6. The summed E-state index contributed by atoms with van der Waals surface area (Å²) in [4.78, 5) is 10.9. The first-order valence-electron chi connectivity index (χ1n) is 8.75. The average Bonchev–Trinajstić information content (AvgIpc) is 2.93. The van der Waals surface area contributed by atoms with Crippen molar-refractivity contribution in [3.63, 3.8) is 0 Å². The first-order valence-corrected chi connectivity index (χ1v) is 8.75. The summed E-state index contributed by atoms with van der Waals surface area (Å²) in [6.07, 6.45) is 1.33. The first kappa shape index (κ1) is 17.6. The minimum Gasteiger partial charge on any atom is -0.488 e. The summed E-state index contributed by atoms with van der Waals surface area (Å²) < 4.78 is 19.6. The molecule has 0 spiro atoms. The molecule has 0 bridgehead atoms. The molecule has 5 heteroatoms. The highest BCUT2D eigenvalue weighted by molar-refractivity contribution is 5.80. The third-order valence-corrected chi connectivity index (χ3v) is 4.34. The molecule has 1 aromatic heterocycles. The Kier molecular flexibility index (Phi) is 4.67. The van der Waals surface area contributed by atoms with E-state index < -0.39 is 6.17 Å². The standard InChI is InChI=1S/C20H26FN3O/c1-13-10-16(25-20(3,4)5)6-7-17(13)18-14(2)22-12-23-19(18)24-9-8-15(21)11-24/h6-7,10,12,15H,8-9,11H2,1-5H3/t15-/m1/s1. The highest BCUT2D eigenvalue weighted by atomic mass is 19.1. The van der Waals surface area contributed by atoms with Crippen LogP contribution in [-0.4, -0.2) is 34.8 Å². The number of hydrogen-bond donors (Lipinski definition) is 0. The van der Waals surface area contributed by atoms with Crippen LogP contribution in [0.25, 0.3) is 11.1 Å². The third-order valence-electron chi connectivity index (χ3n) is 4.34. The van der Waals surface area contributed by atoms with E-state index in [1.165, 1.54) is 0 Å². The number of alkyl halides is 1. The van der Waals surface area contributed by atoms with E-state index in [4.69, 9.17) is 4.74 Å². The van der Waals surface area contributed by atoms with Crippen LogP contribution in [0.15, 0.2) is 24.5 Å². The van der Waals surface area contributed by atoms with Gasteiger partial charge in [0.25, 0.3) is 0 Å². The Hall–Kier alpha value is -2.17. The highest BCUT2D eigenvalue weighted by Crippen LogP contribution is 2.36. The number of benzene rings is 1. The van der Waals surface area contributed by atoms with Gasteiger partial charge in [0.2, 0.25) is 0 Å². The average molecular weight is 343 g/mol. The fourth-order valence-corrected chi connectivity index (χ4v) is 3.26. The Morgan fingerprint density at radius 1 is 1.20 bits per heavy atom. The van der Waals surface area contributed by atoms with Crippen molar-refractivity contribution in [2.45, 2.75) is 52.8 Å². The van der Waals surface area contributed by atoms with Crippen molar-refractivity contribution in [2.24, 2.45) is 0 Å². The Morgan fingerprint density at radius 3 is 2.56 bits per heavy atom. The molecule has 4 nitrogen and oxygen atoms in total. The Morgan fingerprint density at radius 2 is 1.96 bits per heavy atom. The number of ether oxygens (including phenoxy) is 1. The summed E-state index contributed by atoms with van der Waals surface area (Å²) in [5.74, 6) is 1.66. The zero-order chi connectivity index (χ0) is 18.2. The van der Waals surface area contributed by atoms with Gasteiger partial charge in [-0.2, -0.15) is 0 Å². The number of aryl methyl sites for hydroxylation is 2. The number of aromatic nitrogens is 2. The minimum atomic E-state index is -0.785. The molecule has 0 saturated carbocycles. The van der Waals surface area contributed by atoms with Crippen LogP contribution >= 0.6 is 0 Å². The molecule has 1 aliphatic rings. The van der Waals surface area contributed by atoms with E-state index in [1.54, 1.807) is 6.33 Å². The lowest BCUT2D eigenvalue weighted by molar-refractivity contribution is 0.131. The molecule has 0 unspecified atom stereocenters. The fraction of sp³-hybridized carbons (Fsp3) is 0.500. The van der Waals surface area contributed by atoms with Crippen molar-refractivity contribution < 1.29 is 9.13 Å². The highest BCUT2D eigenvalue weighted by Gasteiger charge is 2.26. The molecule has 1 atom stereocenters. The van der Waals surface area contributed by atoms with E-state index in [0.717, 1.165) is 34.0 Å². The third kappa shape index (κ3) is 3.91. The molecular weight excluding hydrogens is 317 g/mol. The van der Waals surface area contributed by atoms with E-state index in [1.807, 2.05) is 44.7 Å². The van der Waals surface area contributed by atoms with Crippen LogP contribution in [0.3, 0.4) is 0 Å². The van der Waals surface area contributed by atoms with Crippen LogP contribution in [0.5, 0.6) is 5.75 Å². The van der Waals surface area contributed by atoms with E-state index in [9.17, 15) is 4.39 Å². The van der Waals surface area contributed by atoms with Crippen molar-refractivity contribution >= 4 is 5.82 Å². The number of hydrogen-bond acceptors (Lipinski definition) is 4. The van der Waals surface area contributed by atoms with Gasteiger partial charge in [0.15, 0.2) is 0 Å². The number of rotatable bonds is 3. The molecule has 0 radical (unpaired) electrons. The van der Waals surface area contributed by atoms with E-state index >= 15 is 0 Å². The van der Waals surface area contributed by atoms with Gasteiger partial charge in [0, 0.05) is 12.1 Å². The summed E-state index contributed by atoms with van der Waals surface area (Å²) in [6, 6.07) is 6.07. The molecule has 0 N–H and O–H groups in total. The molecule has 3 rings (SSSR count). The van der Waals surface area contributed by atoms with Gasteiger partial charge in [-0.25, -0.2) is 14.4 Å². The zero-order valence-corrected chi connectivity index (χ0v) is 15.6. The number of anilines is 1. The molecule has 25 heavy (non-hydrogen) atoms. The van der Waals surface area contributed by atoms with Crippen molar-refractivity contribution in [3.8, 4) is 16.9 Å². The fourth-order valence-electron chi connectivity index (χ4n) is 3.26. The minimum absolute atomic E-state index is 0.240. The van der Waals surface area contributed by atoms with E-state index in [-0.39, 0.29) is 5.60 Å². The second-order valence-electron chi connectivity index (χ2n) is 7.68. The first-order chi connectivity index (χ1) is 11.7. The predicted octanol–water partition coefficient (Wildman–Crippen LogP) is 4.49. The molecule has 2 aromatic rings. The van der Waals surface area contributed by atoms with Gasteiger partial charge in [-0.3, -0.25) is 0 Å². The van der Waals surface area contributed by atoms with Gasteiger partial charge in [-0.1, -0.05) is 6.07 Å². The molecule has 2 heterocycles. The van der Waals surface area contributed by atoms with Crippen LogP contribution in [0.2, 0.25) is 0 Å². The molecule has 1 saturated heterocycles. The van der Waals surface area contributed by atoms with Gasteiger partial charge in [0.1, 0.15) is 29.7 Å². The van der Waals surface area contributed by atoms with Crippen LogP contribution in [0, 0.1) is 13.8 Å². The number of nitrogens with zero attached hydrogens (tertiary/aromatic N) is 3. The molecule has 1 fully saturated rings. The summed E-state index contributed by atoms with van der Waals surface area (Å²) in [5, 5.41) is 0. The normalized spacial score (nSPS) is 17.8. The maximum Gasteiger partial charge on any atom is 0.140 e. The maximum atomic E-state index is 13.7. The molecule has 1 aliphatic heterocycles. The van der Waals surface area contributed by atoms with Crippen LogP contribution < -0.4 is 9.64 Å². The van der Waals surface area contributed by atoms with Crippen molar-refractivity contribution in [1.29, 1.82) is 0 Å². The smallest absolute Gasteiger partial charge is 0.140 e. The predicted molar refractivity (Wildman–Crippen MR) is 99.0 cm³/mol. The van der Waals surface area contributed by atoms with Crippen LogP contribution in [-0.2, 0) is 0 Å². The van der Waals surface area contributed by atoms with Gasteiger partial charge in [-0.15, -0.1) is 0 Å². The van der Waals surface area contributed by atoms with E-state index in [2.05, 4.69) is 23.0 Å². The van der Waals surface area contributed by atoms with Gasteiger partial charge in [-0.05, 0) is 64.3 Å². The second-order valence-corrected chi connectivity index (χ2v) is 7.68. The van der Waals surface area contributed by atoms with Gasteiger partial charge >= 0.3 is 0 Å². The molecule has 0 amide bonds. The van der Waals surface area contributed by atoms with Crippen LogP contribution in [0.1, 0.15) is 38.4 Å². The van der Waals surface area contributed by atoms with Gasteiger partial charge in [0.05, 0.1) is 12.2 Å². The monoisotopic (exact) mass is 343 g/mol. The lowest BCUT2D eigenvalue weighted by Gasteiger charge is -2.24. The molecule has 0 aliphatic carbocycles. The SMILES string of the molecule is Cc1cc(OC(C)(C)C)ccc1-c1c(C)ncnc1N1CC[C@@H](F)C1. The van der Waals surface area contributed by atoms with E-state index in [0.29, 0.717) is 19.5 Å². The quantitative estimate of drug-likeness (QED) is 0.823. The molecular formula is C20H26FN3O. The summed E-state index contributed by atoms with van der Waals surface area (Å²) in [5.41, 5.74) is 3.81. The molecule has 1 aromatic carbocycles. The summed E-state index contributed by atoms with van der Waals surface area (Å²) >= 11 is 0. The summed E-state index contributed by atoms with van der Waals surface area (Å²) in [6.45, 7) is 11.2. The summed E-state index contributed by atoms with van der Waals surface area (Å²) in [7, 11) is 0. The topological polar surface area (TPSA) is 38.3 Å².